The van der Waals surface area contributed by atoms with Crippen molar-refractivity contribution in [3.63, 3.8) is 0 Å². The molecule has 1 aromatic carbocycles. The first-order chi connectivity index (χ1) is 11.0. The summed E-state index contributed by atoms with van der Waals surface area (Å²) < 4.78 is 15.5. The molecule has 3 rings (SSSR count). The third-order valence-electron chi connectivity index (χ3n) is 3.74. The molecule has 0 radical (unpaired) electrons. The molecule has 0 aliphatic carbocycles. The van der Waals surface area contributed by atoms with Crippen molar-refractivity contribution < 1.29 is 9.50 Å². The van der Waals surface area contributed by atoms with Crippen molar-refractivity contribution in [2.24, 2.45) is 4.99 Å². The van der Waals surface area contributed by atoms with Crippen LogP contribution in [0.25, 0.3) is 16.8 Å². The molecule has 5 heteroatoms. The maximum absolute atomic E-state index is 13.7. The van der Waals surface area contributed by atoms with Gasteiger partial charge in [-0.15, -0.1) is 0 Å². The Kier molecular flexibility index (Phi) is 3.96. The van der Waals surface area contributed by atoms with Gasteiger partial charge in [0.1, 0.15) is 17.0 Å². The smallest absolute Gasteiger partial charge is 0.143 e. The lowest BCUT2D eigenvalue weighted by atomic mass is 10.0. The van der Waals surface area contributed by atoms with Crippen LogP contribution in [-0.2, 0) is 0 Å². The molecule has 2 heterocycles. The Morgan fingerprint density at radius 1 is 1.26 bits per heavy atom. The lowest BCUT2D eigenvalue weighted by molar-refractivity contribution is 0.195. The first-order valence-electron chi connectivity index (χ1n) is 7.41. The monoisotopic (exact) mass is 311 g/mol. The zero-order valence-corrected chi connectivity index (χ0v) is 13.3. The van der Waals surface area contributed by atoms with Crippen molar-refractivity contribution in [2.45, 2.75) is 20.0 Å². The second-order valence-corrected chi connectivity index (χ2v) is 5.54. The first kappa shape index (κ1) is 15.4. The first-order valence-corrected chi connectivity index (χ1v) is 7.41. The third kappa shape index (κ3) is 2.75. The van der Waals surface area contributed by atoms with E-state index in [-0.39, 0.29) is 5.82 Å². The quantitative estimate of drug-likeness (QED) is 0.791. The Bertz CT molecular complexity index is 945. The Labute approximate surface area is 133 Å². The van der Waals surface area contributed by atoms with Gasteiger partial charge in [0.25, 0.3) is 0 Å². The number of halogens is 1. The van der Waals surface area contributed by atoms with Crippen LogP contribution in [0.15, 0.2) is 47.6 Å². The Morgan fingerprint density at radius 3 is 2.70 bits per heavy atom. The van der Waals surface area contributed by atoms with Gasteiger partial charge < -0.3 is 5.11 Å². The summed E-state index contributed by atoms with van der Waals surface area (Å²) in [6.45, 7) is 3.63. The average Bonchev–Trinajstić information content (AvgIpc) is 2.52. The molecule has 23 heavy (non-hydrogen) atoms. The second-order valence-electron chi connectivity index (χ2n) is 5.54. The van der Waals surface area contributed by atoms with E-state index < -0.39 is 6.10 Å². The van der Waals surface area contributed by atoms with E-state index in [4.69, 9.17) is 0 Å². The Balaban J connectivity index is 2.50. The molecule has 0 aliphatic heterocycles. The summed E-state index contributed by atoms with van der Waals surface area (Å²) >= 11 is 0. The van der Waals surface area contributed by atoms with E-state index in [0.717, 1.165) is 5.56 Å². The molecule has 4 nitrogen and oxygen atoms in total. The maximum atomic E-state index is 13.7. The van der Waals surface area contributed by atoms with Crippen molar-refractivity contribution in [1.29, 1.82) is 0 Å². The van der Waals surface area contributed by atoms with Crippen molar-refractivity contribution in [3.8, 4) is 11.1 Å². The van der Waals surface area contributed by atoms with Gasteiger partial charge in [0.05, 0.1) is 11.8 Å². The highest BCUT2D eigenvalue weighted by Crippen LogP contribution is 2.25. The number of aromatic nitrogens is 2. The van der Waals surface area contributed by atoms with Gasteiger partial charge in [-0.05, 0) is 43.2 Å². The molecule has 0 bridgehead atoms. The normalized spacial score (nSPS) is 13.5. The number of aryl methyl sites for hydroxylation is 1. The molecule has 0 spiro atoms. The molecule has 1 atom stereocenters. The number of hydrogen-bond acceptors (Lipinski definition) is 3. The van der Waals surface area contributed by atoms with Gasteiger partial charge in [-0.3, -0.25) is 9.39 Å². The van der Waals surface area contributed by atoms with E-state index in [2.05, 4.69) is 9.98 Å². The molecule has 0 saturated carbocycles. The number of rotatable bonds is 2. The SMILES string of the molecule is C/N=c1/c(-c2cccc(F)c2)c(C(C)O)nc2ccc(C)cn12. The number of pyridine rings is 1. The minimum Gasteiger partial charge on any atom is -0.387 e. The maximum Gasteiger partial charge on any atom is 0.143 e. The summed E-state index contributed by atoms with van der Waals surface area (Å²) in [6, 6.07) is 10.1. The summed E-state index contributed by atoms with van der Waals surface area (Å²) in [5.74, 6) is -0.338. The van der Waals surface area contributed by atoms with Crippen LogP contribution in [0.1, 0.15) is 24.3 Å². The minimum atomic E-state index is -0.792. The average molecular weight is 311 g/mol. The molecule has 0 fully saturated rings. The molecular weight excluding hydrogens is 293 g/mol. The largest absolute Gasteiger partial charge is 0.387 e. The molecule has 0 aliphatic rings. The summed E-state index contributed by atoms with van der Waals surface area (Å²) in [5.41, 5.74) is 4.16. The molecule has 1 unspecified atom stereocenters. The van der Waals surface area contributed by atoms with Crippen molar-refractivity contribution in [1.82, 2.24) is 9.38 Å². The van der Waals surface area contributed by atoms with Crippen molar-refractivity contribution in [3.05, 3.63) is 65.2 Å². The van der Waals surface area contributed by atoms with Crippen LogP contribution in [0.3, 0.4) is 0 Å². The van der Waals surface area contributed by atoms with Gasteiger partial charge in [-0.25, -0.2) is 9.37 Å². The lowest BCUT2D eigenvalue weighted by Crippen LogP contribution is -2.22. The number of benzene rings is 1. The van der Waals surface area contributed by atoms with Crippen LogP contribution in [0, 0.1) is 12.7 Å². The van der Waals surface area contributed by atoms with Gasteiger partial charge >= 0.3 is 0 Å². The summed E-state index contributed by atoms with van der Waals surface area (Å²) in [4.78, 5) is 8.94. The van der Waals surface area contributed by atoms with Crippen LogP contribution in [0.5, 0.6) is 0 Å². The molecule has 118 valence electrons. The predicted octanol–water partition coefficient (Wildman–Crippen LogP) is 3.03. The van der Waals surface area contributed by atoms with Crippen LogP contribution in [0.4, 0.5) is 4.39 Å². The lowest BCUT2D eigenvalue weighted by Gasteiger charge is -2.15. The van der Waals surface area contributed by atoms with E-state index in [1.54, 1.807) is 26.1 Å². The van der Waals surface area contributed by atoms with Crippen LogP contribution in [-0.4, -0.2) is 21.5 Å². The van der Waals surface area contributed by atoms with E-state index in [1.807, 2.05) is 29.7 Å². The highest BCUT2D eigenvalue weighted by molar-refractivity contribution is 5.67. The van der Waals surface area contributed by atoms with Gasteiger partial charge in [0.15, 0.2) is 0 Å². The molecule has 1 N–H and O–H groups in total. The van der Waals surface area contributed by atoms with E-state index in [1.165, 1.54) is 12.1 Å². The number of hydrogen-bond donors (Lipinski definition) is 1. The predicted molar refractivity (Wildman–Crippen MR) is 87.4 cm³/mol. The standard InChI is InChI=1S/C18H18FN3O/c1-11-7-8-15-21-17(12(2)23)16(18(20-3)22(15)10-11)13-5-4-6-14(19)9-13/h4-10,12,23H,1-3H3/b20-18-. The Morgan fingerprint density at radius 2 is 2.04 bits per heavy atom. The molecule has 0 amide bonds. The van der Waals surface area contributed by atoms with Crippen LogP contribution in [0.2, 0.25) is 0 Å². The summed E-state index contributed by atoms with van der Waals surface area (Å²) in [6.07, 6.45) is 1.14. The van der Waals surface area contributed by atoms with Crippen LogP contribution < -0.4 is 5.49 Å². The molecule has 0 saturated heterocycles. The molecular formula is C18H18FN3O. The zero-order chi connectivity index (χ0) is 16.6. The van der Waals surface area contributed by atoms with E-state index in [9.17, 15) is 9.50 Å². The van der Waals surface area contributed by atoms with Crippen molar-refractivity contribution >= 4 is 5.65 Å². The minimum absolute atomic E-state index is 0.338. The van der Waals surface area contributed by atoms with E-state index in [0.29, 0.717) is 28.0 Å². The van der Waals surface area contributed by atoms with Gasteiger partial charge in [0, 0.05) is 18.8 Å². The highest BCUT2D eigenvalue weighted by atomic mass is 19.1. The Hall–Kier alpha value is -2.53. The zero-order valence-electron chi connectivity index (χ0n) is 13.3. The number of fused-ring (bicyclic) bond motifs is 1. The molecule has 2 aromatic heterocycles. The van der Waals surface area contributed by atoms with E-state index >= 15 is 0 Å². The fourth-order valence-corrected chi connectivity index (χ4v) is 2.72. The number of nitrogens with zero attached hydrogens (tertiary/aromatic N) is 3. The highest BCUT2D eigenvalue weighted by Gasteiger charge is 2.17. The summed E-state index contributed by atoms with van der Waals surface area (Å²) in [5, 5.41) is 10.2. The third-order valence-corrected chi connectivity index (χ3v) is 3.74. The fraction of sp³-hybridized carbons (Fsp3) is 0.222. The topological polar surface area (TPSA) is 49.9 Å². The van der Waals surface area contributed by atoms with Gasteiger partial charge in [0.2, 0.25) is 0 Å². The van der Waals surface area contributed by atoms with Crippen LogP contribution >= 0.6 is 0 Å². The molecule has 3 aromatic rings. The number of aliphatic hydroxyl groups is 1. The number of aliphatic hydroxyl groups excluding tert-OH is 1. The second kappa shape index (κ2) is 5.93. The fourth-order valence-electron chi connectivity index (χ4n) is 2.72. The van der Waals surface area contributed by atoms with Gasteiger partial charge in [-0.2, -0.15) is 0 Å². The van der Waals surface area contributed by atoms with Gasteiger partial charge in [-0.1, -0.05) is 18.2 Å². The van der Waals surface area contributed by atoms with Crippen molar-refractivity contribution in [2.75, 3.05) is 7.05 Å². The summed E-state index contributed by atoms with van der Waals surface area (Å²) in [7, 11) is 1.68.